The lowest BCUT2D eigenvalue weighted by Gasteiger charge is -2.09. The fourth-order valence-corrected chi connectivity index (χ4v) is 1.81. The van der Waals surface area contributed by atoms with Crippen LogP contribution in [-0.2, 0) is 11.3 Å². The molecule has 0 aliphatic carbocycles. The summed E-state index contributed by atoms with van der Waals surface area (Å²) >= 11 is 0. The molecule has 0 atom stereocenters. The van der Waals surface area contributed by atoms with Crippen LogP contribution in [0.3, 0.4) is 0 Å². The smallest absolute Gasteiger partial charge is 0.239 e. The highest BCUT2D eigenvalue weighted by molar-refractivity contribution is 5.80. The van der Waals surface area contributed by atoms with E-state index in [1.807, 2.05) is 36.4 Å². The molecule has 0 aliphatic heterocycles. The van der Waals surface area contributed by atoms with Crippen molar-refractivity contribution in [3.8, 4) is 0 Å². The first kappa shape index (κ1) is 15.0. The number of anilines is 1. The molecule has 2 aromatic rings. The van der Waals surface area contributed by atoms with E-state index in [2.05, 4.69) is 34.4 Å². The second-order valence-corrected chi connectivity index (χ2v) is 5.10. The van der Waals surface area contributed by atoms with E-state index in [-0.39, 0.29) is 12.5 Å². The molecule has 21 heavy (non-hydrogen) atoms. The Morgan fingerprint density at radius 3 is 2.67 bits per heavy atom. The van der Waals surface area contributed by atoms with Crippen molar-refractivity contribution in [2.24, 2.45) is 0 Å². The van der Waals surface area contributed by atoms with Crippen LogP contribution >= 0.6 is 0 Å². The maximum atomic E-state index is 11.8. The number of hydrogen-bond acceptors (Lipinski definition) is 4. The highest BCUT2D eigenvalue weighted by atomic mass is 16.1. The Kier molecular flexibility index (Phi) is 5.26. The number of amides is 1. The van der Waals surface area contributed by atoms with Gasteiger partial charge in [-0.15, -0.1) is 0 Å². The molecule has 0 bridgehead atoms. The van der Waals surface area contributed by atoms with Crippen molar-refractivity contribution in [1.82, 2.24) is 15.3 Å². The molecule has 0 aliphatic rings. The molecular weight excluding hydrogens is 264 g/mol. The van der Waals surface area contributed by atoms with E-state index in [1.54, 1.807) is 0 Å². The molecule has 2 rings (SSSR count). The Hall–Kier alpha value is -2.43. The second-order valence-electron chi connectivity index (χ2n) is 5.10. The Labute approximate surface area is 124 Å². The average Bonchev–Trinajstić information content (AvgIpc) is 2.52. The molecule has 1 aromatic heterocycles. The minimum Gasteiger partial charge on any atom is -0.361 e. The van der Waals surface area contributed by atoms with Gasteiger partial charge in [-0.3, -0.25) is 4.79 Å². The van der Waals surface area contributed by atoms with Gasteiger partial charge in [-0.1, -0.05) is 44.2 Å². The summed E-state index contributed by atoms with van der Waals surface area (Å²) in [7, 11) is 0. The molecule has 110 valence electrons. The van der Waals surface area contributed by atoms with E-state index in [0.717, 1.165) is 11.3 Å². The summed E-state index contributed by atoms with van der Waals surface area (Å²) in [6.07, 6.45) is 1.51. The van der Waals surface area contributed by atoms with Gasteiger partial charge in [-0.2, -0.15) is 0 Å². The molecule has 0 unspecified atom stereocenters. The largest absolute Gasteiger partial charge is 0.361 e. The lowest BCUT2D eigenvalue weighted by Crippen LogP contribution is -2.29. The van der Waals surface area contributed by atoms with Gasteiger partial charge >= 0.3 is 0 Å². The van der Waals surface area contributed by atoms with Crippen molar-refractivity contribution < 1.29 is 4.79 Å². The molecule has 0 saturated carbocycles. The van der Waals surface area contributed by atoms with Crippen LogP contribution in [0.5, 0.6) is 0 Å². The molecule has 5 nitrogen and oxygen atoms in total. The van der Waals surface area contributed by atoms with Crippen molar-refractivity contribution in [3.63, 3.8) is 0 Å². The number of hydrogen-bond donors (Lipinski definition) is 2. The quantitative estimate of drug-likeness (QED) is 0.854. The minimum atomic E-state index is -0.0661. The third-order valence-corrected chi connectivity index (χ3v) is 3.04. The molecule has 5 heteroatoms. The Balaban J connectivity index is 1.80. The Morgan fingerprint density at radius 1 is 1.19 bits per heavy atom. The van der Waals surface area contributed by atoms with Gasteiger partial charge in [0, 0.05) is 18.3 Å². The highest BCUT2D eigenvalue weighted by Crippen LogP contribution is 2.13. The summed E-state index contributed by atoms with van der Waals surface area (Å²) < 4.78 is 0. The number of aromatic nitrogens is 2. The van der Waals surface area contributed by atoms with E-state index in [0.29, 0.717) is 18.3 Å². The summed E-state index contributed by atoms with van der Waals surface area (Å²) in [6, 6.07) is 11.7. The van der Waals surface area contributed by atoms with Crippen LogP contribution in [-0.4, -0.2) is 22.4 Å². The molecule has 0 fully saturated rings. The first-order valence-corrected chi connectivity index (χ1v) is 7.01. The standard InChI is InChI=1S/C16H20N4O/c1-12(2)14-8-15(20-11-19-14)17-10-16(21)18-9-13-6-4-3-5-7-13/h3-8,11-12H,9-10H2,1-2H3,(H,18,21)(H,17,19,20). The molecule has 2 N–H and O–H groups in total. The molecular formula is C16H20N4O. The summed E-state index contributed by atoms with van der Waals surface area (Å²) in [5.41, 5.74) is 2.03. The van der Waals surface area contributed by atoms with Gasteiger partial charge in [0.25, 0.3) is 0 Å². The predicted octanol–water partition coefficient (Wildman–Crippen LogP) is 2.33. The summed E-state index contributed by atoms with van der Waals surface area (Å²) in [5.74, 6) is 0.938. The molecule has 0 radical (unpaired) electrons. The number of carbonyl (C=O) groups excluding carboxylic acids is 1. The van der Waals surface area contributed by atoms with E-state index < -0.39 is 0 Å². The highest BCUT2D eigenvalue weighted by Gasteiger charge is 2.05. The van der Waals surface area contributed by atoms with Gasteiger partial charge in [0.15, 0.2) is 0 Å². The first-order chi connectivity index (χ1) is 10.1. The fraction of sp³-hybridized carbons (Fsp3) is 0.312. The molecule has 1 aromatic carbocycles. The zero-order chi connectivity index (χ0) is 15.1. The first-order valence-electron chi connectivity index (χ1n) is 7.01. The monoisotopic (exact) mass is 284 g/mol. The summed E-state index contributed by atoms with van der Waals surface area (Å²) in [5, 5.41) is 5.87. The van der Waals surface area contributed by atoms with Crippen LogP contribution in [0.4, 0.5) is 5.82 Å². The lowest BCUT2D eigenvalue weighted by molar-refractivity contribution is -0.119. The van der Waals surface area contributed by atoms with Crippen LogP contribution in [0.1, 0.15) is 31.0 Å². The number of nitrogens with zero attached hydrogens (tertiary/aromatic N) is 2. The van der Waals surface area contributed by atoms with Gasteiger partial charge in [-0.25, -0.2) is 9.97 Å². The maximum absolute atomic E-state index is 11.8. The number of carbonyl (C=O) groups is 1. The van der Waals surface area contributed by atoms with Gasteiger partial charge in [0.1, 0.15) is 12.1 Å². The lowest BCUT2D eigenvalue weighted by atomic mass is 10.1. The topological polar surface area (TPSA) is 66.9 Å². The van der Waals surface area contributed by atoms with Crippen LogP contribution < -0.4 is 10.6 Å². The second kappa shape index (κ2) is 7.38. The average molecular weight is 284 g/mol. The predicted molar refractivity (Wildman–Crippen MR) is 82.9 cm³/mol. The number of benzene rings is 1. The summed E-state index contributed by atoms with van der Waals surface area (Å²) in [6.45, 7) is 4.86. The Bertz CT molecular complexity index is 584. The fourth-order valence-electron chi connectivity index (χ4n) is 1.81. The molecule has 0 saturated heterocycles. The van der Waals surface area contributed by atoms with Crippen LogP contribution in [0, 0.1) is 0 Å². The molecule has 1 heterocycles. The molecule has 0 spiro atoms. The third-order valence-electron chi connectivity index (χ3n) is 3.04. The van der Waals surface area contributed by atoms with Crippen molar-refractivity contribution in [3.05, 3.63) is 54.0 Å². The SMILES string of the molecule is CC(C)c1cc(NCC(=O)NCc2ccccc2)ncn1. The zero-order valence-electron chi connectivity index (χ0n) is 12.3. The number of rotatable bonds is 6. The number of nitrogens with one attached hydrogen (secondary N) is 2. The van der Waals surface area contributed by atoms with Gasteiger partial charge in [0.05, 0.1) is 6.54 Å². The van der Waals surface area contributed by atoms with Crippen molar-refractivity contribution in [1.29, 1.82) is 0 Å². The van der Waals surface area contributed by atoms with Gasteiger partial charge in [-0.05, 0) is 11.5 Å². The van der Waals surface area contributed by atoms with Gasteiger partial charge in [0.2, 0.25) is 5.91 Å². The summed E-state index contributed by atoms with van der Waals surface area (Å²) in [4.78, 5) is 20.1. The molecule has 1 amide bonds. The van der Waals surface area contributed by atoms with E-state index in [4.69, 9.17) is 0 Å². The van der Waals surface area contributed by atoms with E-state index in [9.17, 15) is 4.79 Å². The van der Waals surface area contributed by atoms with Crippen LogP contribution in [0.25, 0.3) is 0 Å². The maximum Gasteiger partial charge on any atom is 0.239 e. The van der Waals surface area contributed by atoms with Crippen molar-refractivity contribution in [2.75, 3.05) is 11.9 Å². The van der Waals surface area contributed by atoms with Crippen LogP contribution in [0.15, 0.2) is 42.7 Å². The van der Waals surface area contributed by atoms with Crippen molar-refractivity contribution in [2.45, 2.75) is 26.3 Å². The van der Waals surface area contributed by atoms with Crippen LogP contribution in [0.2, 0.25) is 0 Å². The van der Waals surface area contributed by atoms with E-state index in [1.165, 1.54) is 6.33 Å². The third kappa shape index (κ3) is 4.87. The zero-order valence-corrected chi connectivity index (χ0v) is 12.3. The van der Waals surface area contributed by atoms with Crippen molar-refractivity contribution >= 4 is 11.7 Å². The minimum absolute atomic E-state index is 0.0661. The Morgan fingerprint density at radius 2 is 1.95 bits per heavy atom. The van der Waals surface area contributed by atoms with E-state index >= 15 is 0 Å². The van der Waals surface area contributed by atoms with Gasteiger partial charge < -0.3 is 10.6 Å². The normalized spacial score (nSPS) is 10.4.